The van der Waals surface area contributed by atoms with E-state index in [1.165, 1.54) is 6.08 Å². The van der Waals surface area contributed by atoms with Gasteiger partial charge in [-0.25, -0.2) is 4.79 Å². The minimum Gasteiger partial charge on any atom is -0.461 e. The number of fused-ring (bicyclic) bond motifs is 2. The lowest BCUT2D eigenvalue weighted by molar-refractivity contribution is -0.160. The van der Waals surface area contributed by atoms with Gasteiger partial charge in [0, 0.05) is 23.0 Å². The van der Waals surface area contributed by atoms with E-state index >= 15 is 0 Å². The molecule has 0 amide bonds. The maximum absolute atomic E-state index is 13.0. The van der Waals surface area contributed by atoms with E-state index in [-0.39, 0.29) is 23.1 Å². The van der Waals surface area contributed by atoms with Crippen molar-refractivity contribution in [2.75, 3.05) is 0 Å². The van der Waals surface area contributed by atoms with Gasteiger partial charge in [-0.3, -0.25) is 4.79 Å². The Hall–Kier alpha value is -1.84. The topological polar surface area (TPSA) is 56.5 Å². The summed E-state index contributed by atoms with van der Waals surface area (Å²) in [7, 11) is 0. The number of ether oxygens (including phenoxy) is 1. The summed E-state index contributed by atoms with van der Waals surface area (Å²) in [5.74, 6) is 0.260. The number of ketones is 1. The number of furan rings is 1. The number of rotatable bonds is 2. The molecule has 1 aromatic rings. The molecule has 1 aromatic heterocycles. The molecule has 0 aliphatic heterocycles. The largest absolute Gasteiger partial charge is 0.461 e. The van der Waals surface area contributed by atoms with Crippen LogP contribution in [0.3, 0.4) is 0 Å². The highest BCUT2D eigenvalue weighted by molar-refractivity contribution is 5.99. The summed E-state index contributed by atoms with van der Waals surface area (Å²) >= 11 is 0. The van der Waals surface area contributed by atoms with Gasteiger partial charge in [-0.15, -0.1) is 0 Å². The second-order valence-electron chi connectivity index (χ2n) is 7.81. The SMILES string of the molecule is CC(C)=CC(=O)OC1c2c(C)coc2C(=O)C2CCCC(C)C21C. The zero-order valence-electron chi connectivity index (χ0n) is 15.1. The van der Waals surface area contributed by atoms with Gasteiger partial charge in [-0.1, -0.05) is 25.8 Å². The van der Waals surface area contributed by atoms with Crippen LogP contribution in [0.4, 0.5) is 0 Å². The Kier molecular flexibility index (Phi) is 4.18. The average molecular weight is 330 g/mol. The van der Waals surface area contributed by atoms with Crippen molar-refractivity contribution in [1.82, 2.24) is 0 Å². The molecule has 0 radical (unpaired) electrons. The average Bonchev–Trinajstić information content (AvgIpc) is 2.87. The highest BCUT2D eigenvalue weighted by Gasteiger charge is 2.58. The number of hydrogen-bond donors (Lipinski definition) is 0. The fourth-order valence-corrected chi connectivity index (χ4v) is 4.46. The third kappa shape index (κ3) is 2.43. The Balaban J connectivity index is 2.12. The predicted octanol–water partition coefficient (Wildman–Crippen LogP) is 4.78. The lowest BCUT2D eigenvalue weighted by Crippen LogP contribution is -2.50. The van der Waals surface area contributed by atoms with Crippen LogP contribution in [0.25, 0.3) is 0 Å². The van der Waals surface area contributed by atoms with E-state index in [4.69, 9.17) is 9.15 Å². The molecule has 4 unspecified atom stereocenters. The Morgan fingerprint density at radius 3 is 2.75 bits per heavy atom. The van der Waals surface area contributed by atoms with Crippen LogP contribution in [0.15, 0.2) is 22.3 Å². The van der Waals surface area contributed by atoms with Crippen LogP contribution in [0, 0.1) is 24.2 Å². The summed E-state index contributed by atoms with van der Waals surface area (Å²) in [5.41, 5.74) is 2.16. The molecule has 0 N–H and O–H groups in total. The summed E-state index contributed by atoms with van der Waals surface area (Å²) in [6, 6.07) is 0. The molecular formula is C20H26O4. The third-order valence-electron chi connectivity index (χ3n) is 5.97. The summed E-state index contributed by atoms with van der Waals surface area (Å²) in [6.07, 6.45) is 5.58. The Morgan fingerprint density at radius 1 is 1.38 bits per heavy atom. The number of Topliss-reactive ketones (excluding diaryl/α,β-unsaturated/α-hetero) is 1. The fraction of sp³-hybridized carbons (Fsp3) is 0.600. The normalized spacial score (nSPS) is 31.9. The molecule has 4 nitrogen and oxygen atoms in total. The fourth-order valence-electron chi connectivity index (χ4n) is 4.46. The smallest absolute Gasteiger partial charge is 0.331 e. The monoisotopic (exact) mass is 330 g/mol. The summed E-state index contributed by atoms with van der Waals surface area (Å²) in [6.45, 7) is 9.92. The Bertz CT molecular complexity index is 707. The maximum atomic E-state index is 13.0. The summed E-state index contributed by atoms with van der Waals surface area (Å²) in [5, 5.41) is 0. The molecule has 1 fully saturated rings. The molecule has 0 spiro atoms. The number of carbonyl (C=O) groups excluding carboxylic acids is 2. The minimum absolute atomic E-state index is 0.0710. The molecule has 130 valence electrons. The number of esters is 1. The van der Waals surface area contributed by atoms with Crippen molar-refractivity contribution in [3.05, 3.63) is 34.8 Å². The van der Waals surface area contributed by atoms with Crippen molar-refractivity contribution < 1.29 is 18.7 Å². The highest BCUT2D eigenvalue weighted by atomic mass is 16.5. The molecule has 3 rings (SSSR count). The third-order valence-corrected chi connectivity index (χ3v) is 5.97. The second kappa shape index (κ2) is 5.91. The van der Waals surface area contributed by atoms with Crippen LogP contribution < -0.4 is 0 Å². The Labute approximate surface area is 143 Å². The molecule has 4 heteroatoms. The molecule has 4 atom stereocenters. The van der Waals surface area contributed by atoms with E-state index in [2.05, 4.69) is 13.8 Å². The van der Waals surface area contributed by atoms with Gasteiger partial charge in [0.2, 0.25) is 5.78 Å². The molecule has 1 saturated carbocycles. The molecule has 24 heavy (non-hydrogen) atoms. The van der Waals surface area contributed by atoms with Crippen molar-refractivity contribution >= 4 is 11.8 Å². The van der Waals surface area contributed by atoms with Gasteiger partial charge in [0.25, 0.3) is 0 Å². The maximum Gasteiger partial charge on any atom is 0.331 e. The van der Waals surface area contributed by atoms with Crippen LogP contribution in [0.2, 0.25) is 0 Å². The molecule has 0 saturated heterocycles. The molecule has 0 aromatic carbocycles. The first-order valence-corrected chi connectivity index (χ1v) is 8.74. The first-order valence-electron chi connectivity index (χ1n) is 8.74. The summed E-state index contributed by atoms with van der Waals surface area (Å²) < 4.78 is 11.5. The highest BCUT2D eigenvalue weighted by Crippen LogP contribution is 2.59. The van der Waals surface area contributed by atoms with E-state index in [1.54, 1.807) is 6.26 Å². The van der Waals surface area contributed by atoms with Crippen LogP contribution >= 0.6 is 0 Å². The molecule has 2 aliphatic carbocycles. The quantitative estimate of drug-likeness (QED) is 0.578. The lowest BCUT2D eigenvalue weighted by Gasteiger charge is -2.51. The van der Waals surface area contributed by atoms with Crippen LogP contribution in [-0.2, 0) is 9.53 Å². The predicted molar refractivity (Wildman–Crippen MR) is 90.7 cm³/mol. The molecule has 0 bridgehead atoms. The van der Waals surface area contributed by atoms with Crippen molar-refractivity contribution in [1.29, 1.82) is 0 Å². The first-order chi connectivity index (χ1) is 11.3. The number of hydrogen-bond acceptors (Lipinski definition) is 4. The Morgan fingerprint density at radius 2 is 2.08 bits per heavy atom. The van der Waals surface area contributed by atoms with E-state index in [0.717, 1.165) is 36.0 Å². The van der Waals surface area contributed by atoms with Crippen molar-refractivity contribution in [2.45, 2.75) is 60.0 Å². The standard InChI is InChI=1S/C20H26O4/c1-11(2)9-15(21)24-19-16-12(3)10-23-18(16)17(22)14-8-6-7-13(4)20(14,19)5/h9-10,13-14,19H,6-8H2,1-5H3. The van der Waals surface area contributed by atoms with E-state index in [1.807, 2.05) is 20.8 Å². The number of carbonyl (C=O) groups is 2. The van der Waals surface area contributed by atoms with Crippen LogP contribution in [0.1, 0.15) is 74.7 Å². The van der Waals surface area contributed by atoms with E-state index in [9.17, 15) is 9.59 Å². The zero-order chi connectivity index (χ0) is 17.6. The van der Waals surface area contributed by atoms with Gasteiger partial charge in [0.1, 0.15) is 6.10 Å². The van der Waals surface area contributed by atoms with Gasteiger partial charge in [0.15, 0.2) is 5.76 Å². The van der Waals surface area contributed by atoms with Crippen molar-refractivity contribution in [2.24, 2.45) is 17.3 Å². The van der Waals surface area contributed by atoms with Gasteiger partial charge in [0.05, 0.1) is 6.26 Å². The van der Waals surface area contributed by atoms with E-state index < -0.39 is 6.10 Å². The van der Waals surface area contributed by atoms with Gasteiger partial charge in [-0.2, -0.15) is 0 Å². The molecule has 2 aliphatic rings. The second-order valence-corrected chi connectivity index (χ2v) is 7.81. The number of aryl methyl sites for hydroxylation is 1. The van der Waals surface area contributed by atoms with Gasteiger partial charge >= 0.3 is 5.97 Å². The van der Waals surface area contributed by atoms with E-state index in [0.29, 0.717) is 11.7 Å². The zero-order valence-corrected chi connectivity index (χ0v) is 15.1. The lowest BCUT2D eigenvalue weighted by atomic mass is 9.54. The van der Waals surface area contributed by atoms with Gasteiger partial charge in [-0.05, 0) is 45.1 Å². The number of allylic oxidation sites excluding steroid dienone is 1. The van der Waals surface area contributed by atoms with Crippen LogP contribution in [-0.4, -0.2) is 11.8 Å². The minimum atomic E-state index is -0.438. The first kappa shape index (κ1) is 17.0. The van der Waals surface area contributed by atoms with Gasteiger partial charge < -0.3 is 9.15 Å². The van der Waals surface area contributed by atoms with Crippen molar-refractivity contribution in [3.8, 4) is 0 Å². The summed E-state index contributed by atoms with van der Waals surface area (Å²) in [4.78, 5) is 25.3. The van der Waals surface area contributed by atoms with Crippen LogP contribution in [0.5, 0.6) is 0 Å². The molecular weight excluding hydrogens is 304 g/mol. The van der Waals surface area contributed by atoms with Crippen molar-refractivity contribution in [3.63, 3.8) is 0 Å². The molecule has 1 heterocycles.